The maximum atomic E-state index is 7.71. The highest BCUT2D eigenvalue weighted by Crippen LogP contribution is 2.38. The van der Waals surface area contributed by atoms with Crippen LogP contribution in [0.25, 0.3) is 0 Å². The summed E-state index contributed by atoms with van der Waals surface area (Å²) >= 11 is 0. The van der Waals surface area contributed by atoms with Crippen molar-refractivity contribution in [3.05, 3.63) is 216 Å². The highest BCUT2D eigenvalue weighted by atomic mass is 28.4. The Labute approximate surface area is 363 Å². The van der Waals surface area contributed by atoms with E-state index in [1.54, 1.807) is 7.11 Å². The van der Waals surface area contributed by atoms with E-state index in [4.69, 9.17) is 28.2 Å². The van der Waals surface area contributed by atoms with Gasteiger partial charge < -0.3 is 23.4 Å². The highest BCUT2D eigenvalue weighted by Gasteiger charge is 2.52. The number of rotatable bonds is 20. The molecular formula is C53H59NO6Si. The molecule has 1 heterocycles. The summed E-state index contributed by atoms with van der Waals surface area (Å²) in [7, 11) is -1.31. The van der Waals surface area contributed by atoms with Crippen LogP contribution in [0.2, 0.25) is 5.04 Å². The molecule has 0 saturated carbocycles. The molecule has 6 aromatic rings. The first-order valence-electron chi connectivity index (χ1n) is 21.2. The normalized spacial score (nSPS) is 16.3. The van der Waals surface area contributed by atoms with Crippen LogP contribution in [0.5, 0.6) is 0 Å². The number of hydrogen-bond donors (Lipinski definition) is 0. The minimum absolute atomic E-state index is 0.225. The number of hydroxylamine groups is 2. The monoisotopic (exact) mass is 833 g/mol. The van der Waals surface area contributed by atoms with Gasteiger partial charge >= 0.3 is 0 Å². The summed E-state index contributed by atoms with van der Waals surface area (Å²) in [5, 5.41) is 4.10. The lowest BCUT2D eigenvalue weighted by Gasteiger charge is -2.46. The smallest absolute Gasteiger partial charge is 0.261 e. The zero-order chi connectivity index (χ0) is 42.3. The van der Waals surface area contributed by atoms with E-state index in [1.165, 1.54) is 10.4 Å². The van der Waals surface area contributed by atoms with E-state index >= 15 is 0 Å². The van der Waals surface area contributed by atoms with E-state index in [9.17, 15) is 0 Å². The zero-order valence-electron chi connectivity index (χ0n) is 35.8. The molecule has 0 unspecified atom stereocenters. The maximum Gasteiger partial charge on any atom is 0.261 e. The molecule has 0 aromatic heterocycles. The predicted molar refractivity (Wildman–Crippen MR) is 245 cm³/mol. The van der Waals surface area contributed by atoms with Gasteiger partial charge in [0.25, 0.3) is 8.32 Å². The summed E-state index contributed by atoms with van der Waals surface area (Å²) in [6, 6.07) is 62.1. The molecule has 7 rings (SSSR count). The third-order valence-corrected chi connectivity index (χ3v) is 16.3. The van der Waals surface area contributed by atoms with Gasteiger partial charge in [0.1, 0.15) is 30.1 Å². The second kappa shape index (κ2) is 21.6. The van der Waals surface area contributed by atoms with Gasteiger partial charge in [-0.2, -0.15) is 5.06 Å². The average molecular weight is 834 g/mol. The van der Waals surface area contributed by atoms with Gasteiger partial charge in [-0.05, 0) is 43.7 Å². The maximum absolute atomic E-state index is 7.71. The fourth-order valence-electron chi connectivity index (χ4n) is 8.29. The van der Waals surface area contributed by atoms with Crippen molar-refractivity contribution < 1.29 is 28.2 Å². The van der Waals surface area contributed by atoms with Crippen molar-refractivity contribution in [3.63, 3.8) is 0 Å². The first-order chi connectivity index (χ1) is 29.9. The molecule has 0 amide bonds. The summed E-state index contributed by atoms with van der Waals surface area (Å²) in [5.41, 5.74) is 4.22. The molecule has 1 aliphatic rings. The second-order valence-corrected chi connectivity index (χ2v) is 20.7. The van der Waals surface area contributed by atoms with Crippen molar-refractivity contribution in [2.45, 2.75) is 76.5 Å². The summed E-state index contributed by atoms with van der Waals surface area (Å²) < 4.78 is 35.6. The molecule has 0 aliphatic carbocycles. The molecule has 0 bridgehead atoms. The van der Waals surface area contributed by atoms with Crippen LogP contribution in [-0.2, 0) is 54.6 Å². The van der Waals surface area contributed by atoms with Crippen molar-refractivity contribution in [1.29, 1.82) is 0 Å². The number of nitrogens with zero attached hydrogens (tertiary/aromatic N) is 1. The van der Waals surface area contributed by atoms with Crippen LogP contribution < -0.4 is 10.4 Å². The average Bonchev–Trinajstić information content (AvgIpc) is 3.30. The Morgan fingerprint density at radius 2 is 1.00 bits per heavy atom. The molecule has 0 N–H and O–H groups in total. The van der Waals surface area contributed by atoms with Gasteiger partial charge in [0.05, 0.1) is 46.7 Å². The first kappa shape index (κ1) is 43.9. The van der Waals surface area contributed by atoms with Crippen LogP contribution in [0, 0.1) is 0 Å². The Balaban J connectivity index is 1.37. The van der Waals surface area contributed by atoms with Gasteiger partial charge in [0.2, 0.25) is 0 Å². The number of methoxy groups -OCH3 is 1. The molecule has 0 radical (unpaired) electrons. The molecule has 316 valence electrons. The van der Waals surface area contributed by atoms with Crippen molar-refractivity contribution in [2.24, 2.45) is 0 Å². The van der Waals surface area contributed by atoms with Crippen LogP contribution in [0.15, 0.2) is 194 Å². The summed E-state index contributed by atoms with van der Waals surface area (Å²) in [4.78, 5) is 6.53. The molecule has 7 nitrogen and oxygen atoms in total. The molecule has 0 fully saturated rings. The Morgan fingerprint density at radius 3 is 1.46 bits per heavy atom. The van der Waals surface area contributed by atoms with E-state index in [2.05, 4.69) is 130 Å². The number of hydrogen-bond acceptors (Lipinski definition) is 7. The largest absolute Gasteiger partial charge is 0.499 e. The molecule has 6 aromatic carbocycles. The molecule has 8 heteroatoms. The minimum atomic E-state index is -3.03. The lowest BCUT2D eigenvalue weighted by atomic mass is 9.96. The molecule has 1 aliphatic heterocycles. The molecule has 0 saturated heterocycles. The second-order valence-electron chi connectivity index (χ2n) is 16.4. The van der Waals surface area contributed by atoms with Crippen molar-refractivity contribution in [3.8, 4) is 0 Å². The lowest BCUT2D eigenvalue weighted by molar-refractivity contribution is -0.246. The SMILES string of the molecule is COC1=CCON(Cc2ccccc2)[C@H]1[C@H](OCc1ccccc1)[C@H](OCc1ccccc1)[C@@H](CO[Si](c1ccccc1)(c1ccccc1)C(C)(C)C)OCc1ccccc1. The van der Waals surface area contributed by atoms with Gasteiger partial charge in [-0.15, -0.1) is 0 Å². The third-order valence-electron chi connectivity index (χ3n) is 11.3. The first-order valence-corrected chi connectivity index (χ1v) is 23.2. The Hall–Kier alpha value is -5.16. The Kier molecular flexibility index (Phi) is 15.5. The standard InChI is InChI=1S/C53H59NO6Si/c1-53(2,3)61(46-31-19-9-20-32-46,47-33-21-10-22-34-47)60-41-49(56-38-43-25-13-6-14-26-43)51(57-39-44-27-15-7-16-28-44)52(58-40-45-29-17-8-18-30-45)50-48(55-4)35-36-59-54(50)37-42-23-11-5-12-24-42/h5-35,49-52H,36-41H2,1-4H3/t49-,50-,51-,52+/m1/s1. The zero-order valence-corrected chi connectivity index (χ0v) is 36.8. The Morgan fingerprint density at radius 1 is 0.574 bits per heavy atom. The van der Waals surface area contributed by atoms with Crippen LogP contribution in [0.1, 0.15) is 43.0 Å². The third kappa shape index (κ3) is 11.2. The van der Waals surface area contributed by atoms with Gasteiger partial charge in [0.15, 0.2) is 0 Å². The summed E-state index contributed by atoms with van der Waals surface area (Å²) in [5.74, 6) is 0.739. The number of benzene rings is 6. The van der Waals surface area contributed by atoms with Gasteiger partial charge in [-0.1, -0.05) is 203 Å². The van der Waals surface area contributed by atoms with E-state index in [0.29, 0.717) is 33.0 Å². The Bertz CT molecular complexity index is 2150. The summed E-state index contributed by atoms with van der Waals surface area (Å²) in [6.07, 6.45) is 0.0276. The fourth-order valence-corrected chi connectivity index (χ4v) is 12.9. The van der Waals surface area contributed by atoms with Crippen LogP contribution in [-0.4, -0.2) is 58.1 Å². The van der Waals surface area contributed by atoms with E-state index < -0.39 is 32.7 Å². The summed E-state index contributed by atoms with van der Waals surface area (Å²) in [6.45, 7) is 8.95. The molecule has 4 atom stereocenters. The van der Waals surface area contributed by atoms with Gasteiger partial charge in [0, 0.05) is 0 Å². The molecule has 61 heavy (non-hydrogen) atoms. The van der Waals surface area contributed by atoms with Crippen molar-refractivity contribution >= 4 is 18.7 Å². The molecule has 0 spiro atoms. The van der Waals surface area contributed by atoms with E-state index in [1.807, 2.05) is 83.9 Å². The van der Waals surface area contributed by atoms with Crippen LogP contribution in [0.4, 0.5) is 0 Å². The topological polar surface area (TPSA) is 58.6 Å². The van der Waals surface area contributed by atoms with Crippen LogP contribution >= 0.6 is 0 Å². The number of ether oxygens (including phenoxy) is 4. The van der Waals surface area contributed by atoms with Crippen molar-refractivity contribution in [1.82, 2.24) is 5.06 Å². The van der Waals surface area contributed by atoms with E-state index in [0.717, 1.165) is 28.0 Å². The minimum Gasteiger partial charge on any atom is -0.499 e. The van der Waals surface area contributed by atoms with Crippen LogP contribution in [0.3, 0.4) is 0 Å². The molecular weight excluding hydrogens is 775 g/mol. The highest BCUT2D eigenvalue weighted by molar-refractivity contribution is 6.99. The quantitative estimate of drug-likeness (QED) is 0.0711. The lowest BCUT2D eigenvalue weighted by Crippen LogP contribution is -2.67. The van der Waals surface area contributed by atoms with Gasteiger partial charge in [-0.25, -0.2) is 0 Å². The predicted octanol–water partition coefficient (Wildman–Crippen LogP) is 9.67. The van der Waals surface area contributed by atoms with Gasteiger partial charge in [-0.3, -0.25) is 4.84 Å². The fraction of sp³-hybridized carbons (Fsp3) is 0.283. The van der Waals surface area contributed by atoms with Crippen molar-refractivity contribution in [2.75, 3.05) is 20.3 Å². The van der Waals surface area contributed by atoms with E-state index in [-0.39, 0.29) is 11.6 Å².